The maximum Gasteiger partial charge on any atom is 0.285 e. The number of halogens is 2. The zero-order valence-corrected chi connectivity index (χ0v) is 27.5. The maximum absolute atomic E-state index is 13.2. The van der Waals surface area contributed by atoms with Crippen molar-refractivity contribution in [2.75, 3.05) is 34.7 Å². The molecule has 1 heterocycles. The first kappa shape index (κ1) is 34.8. The standard InChI is InChI=1S/C25H24Cl2N6O2S.C4H11N5/c1-32(2)24(28)29-25(31-36(34,35)21-14-12-20(27)13-15-21)33-16-22(17-6-4-3-5-7-17)23(30-33)18-8-10-19(26)11-9-18;1-9(2)4(7)8-3(5)6/h3-15,22H,16H2,1-2H3,(H2,28,29,31);1-2H3,(H5,5,6,7,8). The van der Waals surface area contributed by atoms with E-state index in [2.05, 4.69) is 14.4 Å². The number of hydrogen-bond donors (Lipinski definition) is 4. The lowest BCUT2D eigenvalue weighted by Gasteiger charge is -2.17. The molecule has 0 saturated carbocycles. The van der Waals surface area contributed by atoms with Gasteiger partial charge in [0.25, 0.3) is 16.0 Å². The van der Waals surface area contributed by atoms with Gasteiger partial charge < -0.3 is 27.0 Å². The average molecular weight is 673 g/mol. The third kappa shape index (κ3) is 9.93. The lowest BCUT2D eigenvalue weighted by atomic mass is 9.91. The van der Waals surface area contributed by atoms with Crippen molar-refractivity contribution in [3.05, 3.63) is 100 Å². The van der Waals surface area contributed by atoms with Crippen LogP contribution in [-0.2, 0) is 10.0 Å². The molecule has 238 valence electrons. The Bertz CT molecular complexity index is 1710. The van der Waals surface area contributed by atoms with Crippen LogP contribution in [0.25, 0.3) is 0 Å². The highest BCUT2D eigenvalue weighted by Crippen LogP contribution is 2.30. The number of rotatable bonds is 4. The number of nitrogens with two attached hydrogens (primary N) is 3. The van der Waals surface area contributed by atoms with E-state index in [4.69, 9.17) is 50.9 Å². The van der Waals surface area contributed by atoms with Crippen molar-refractivity contribution in [1.82, 2.24) is 14.8 Å². The zero-order chi connectivity index (χ0) is 33.3. The van der Waals surface area contributed by atoms with Gasteiger partial charge in [-0.05, 0) is 47.5 Å². The van der Waals surface area contributed by atoms with Gasteiger partial charge in [-0.2, -0.15) is 23.5 Å². The Morgan fingerprint density at radius 2 is 1.36 bits per heavy atom. The molecule has 0 radical (unpaired) electrons. The van der Waals surface area contributed by atoms with Gasteiger partial charge in [-0.3, -0.25) is 5.41 Å². The monoisotopic (exact) mass is 671 g/mol. The molecule has 0 bridgehead atoms. The predicted molar refractivity (Wildman–Crippen MR) is 182 cm³/mol. The summed E-state index contributed by atoms with van der Waals surface area (Å²) in [6.07, 6.45) is 0. The Hall–Kier alpha value is -4.66. The smallest absolute Gasteiger partial charge is 0.285 e. The number of sulfonamides is 1. The summed E-state index contributed by atoms with van der Waals surface area (Å²) in [6, 6.07) is 22.9. The average Bonchev–Trinajstić information content (AvgIpc) is 3.43. The minimum atomic E-state index is -4.14. The van der Waals surface area contributed by atoms with Gasteiger partial charge in [0.1, 0.15) is 0 Å². The van der Waals surface area contributed by atoms with Crippen LogP contribution in [0.2, 0.25) is 10.0 Å². The molecule has 7 N–H and O–H groups in total. The van der Waals surface area contributed by atoms with Crippen molar-refractivity contribution in [3.63, 3.8) is 0 Å². The Morgan fingerprint density at radius 1 is 0.844 bits per heavy atom. The molecule has 0 amide bonds. The molecule has 16 heteroatoms. The second-order valence-corrected chi connectivity index (χ2v) is 12.4. The van der Waals surface area contributed by atoms with E-state index in [1.165, 1.54) is 29.3 Å². The zero-order valence-electron chi connectivity index (χ0n) is 25.1. The van der Waals surface area contributed by atoms with Gasteiger partial charge in [-0.1, -0.05) is 65.7 Å². The summed E-state index contributed by atoms with van der Waals surface area (Å²) in [6.45, 7) is 0.307. The topological polar surface area (TPSA) is 195 Å². The molecule has 3 aromatic carbocycles. The first-order valence-corrected chi connectivity index (χ1v) is 15.5. The Morgan fingerprint density at radius 3 is 1.84 bits per heavy atom. The largest absolute Gasteiger partial charge is 0.369 e. The number of hydrogen-bond acceptors (Lipinski definition) is 4. The molecule has 13 nitrogen and oxygen atoms in total. The number of nitrogens with zero attached hydrogens (tertiary/aromatic N) is 7. The van der Waals surface area contributed by atoms with Crippen molar-refractivity contribution in [3.8, 4) is 0 Å². The van der Waals surface area contributed by atoms with Gasteiger partial charge in [0, 0.05) is 44.2 Å². The van der Waals surface area contributed by atoms with E-state index in [9.17, 15) is 8.42 Å². The van der Waals surface area contributed by atoms with Gasteiger partial charge in [0.2, 0.25) is 5.96 Å². The highest BCUT2D eigenvalue weighted by Gasteiger charge is 2.32. The predicted octanol–water partition coefficient (Wildman–Crippen LogP) is 3.17. The quantitative estimate of drug-likeness (QED) is 0.240. The fourth-order valence-electron chi connectivity index (χ4n) is 3.77. The van der Waals surface area contributed by atoms with Gasteiger partial charge in [0.05, 0.1) is 17.2 Å². The molecule has 0 fully saturated rings. The molecule has 0 spiro atoms. The van der Waals surface area contributed by atoms with Crippen LogP contribution >= 0.6 is 23.2 Å². The minimum absolute atomic E-state index is 0.0243. The minimum Gasteiger partial charge on any atom is -0.369 e. The van der Waals surface area contributed by atoms with E-state index < -0.39 is 10.0 Å². The molecule has 0 aromatic heterocycles. The molecule has 3 aromatic rings. The summed E-state index contributed by atoms with van der Waals surface area (Å²) in [7, 11) is 2.71. The van der Waals surface area contributed by atoms with Crippen LogP contribution in [0.15, 0.2) is 103 Å². The normalized spacial score (nSPS) is 15.6. The SMILES string of the molecule is CN(C)C(N)=NC(=N)N.CN(C)C(N)=NC(=NS(=O)(=O)c1ccc(Cl)cc1)N1CC(c2ccccc2)C(c2ccc(Cl)cc2)=N1. The van der Waals surface area contributed by atoms with Crippen molar-refractivity contribution in [2.24, 2.45) is 36.7 Å². The molecular weight excluding hydrogens is 637 g/mol. The third-order valence-corrected chi connectivity index (χ3v) is 7.94. The molecular formula is C29H35Cl2N11O2S. The Balaban J connectivity index is 0.000000535. The molecule has 0 saturated heterocycles. The molecule has 0 aliphatic carbocycles. The maximum atomic E-state index is 13.2. The van der Waals surface area contributed by atoms with Gasteiger partial charge in [-0.15, -0.1) is 4.40 Å². The Kier molecular flexibility index (Phi) is 11.9. The number of hydrazone groups is 1. The van der Waals surface area contributed by atoms with Crippen molar-refractivity contribution in [2.45, 2.75) is 10.8 Å². The molecule has 45 heavy (non-hydrogen) atoms. The van der Waals surface area contributed by atoms with E-state index in [0.29, 0.717) is 16.6 Å². The van der Waals surface area contributed by atoms with Crippen LogP contribution < -0.4 is 17.2 Å². The van der Waals surface area contributed by atoms with Crippen LogP contribution in [0.5, 0.6) is 0 Å². The molecule has 1 atom stereocenters. The second-order valence-electron chi connectivity index (χ2n) is 9.97. The van der Waals surface area contributed by atoms with Crippen LogP contribution in [0.1, 0.15) is 17.0 Å². The van der Waals surface area contributed by atoms with E-state index in [1.54, 1.807) is 50.1 Å². The van der Waals surface area contributed by atoms with E-state index in [-0.39, 0.29) is 34.7 Å². The van der Waals surface area contributed by atoms with Crippen molar-refractivity contribution >= 4 is 62.8 Å². The summed E-state index contributed by atoms with van der Waals surface area (Å²) in [4.78, 5) is 10.9. The first-order valence-electron chi connectivity index (χ1n) is 13.3. The van der Waals surface area contributed by atoms with Crippen LogP contribution in [-0.4, -0.2) is 87.5 Å². The summed E-state index contributed by atoms with van der Waals surface area (Å²) in [5, 5.41) is 13.9. The summed E-state index contributed by atoms with van der Waals surface area (Å²) >= 11 is 12.0. The number of guanidine groups is 4. The third-order valence-electron chi connectivity index (χ3n) is 6.17. The highest BCUT2D eigenvalue weighted by atomic mass is 35.5. The van der Waals surface area contributed by atoms with Crippen molar-refractivity contribution in [1.29, 1.82) is 5.41 Å². The van der Waals surface area contributed by atoms with Crippen molar-refractivity contribution < 1.29 is 8.42 Å². The fraction of sp³-hybridized carbons (Fsp3) is 0.207. The molecule has 1 aliphatic heterocycles. The van der Waals surface area contributed by atoms with E-state index in [0.717, 1.165) is 16.8 Å². The van der Waals surface area contributed by atoms with E-state index in [1.807, 2.05) is 42.5 Å². The fourth-order valence-corrected chi connectivity index (χ4v) is 4.96. The molecule has 1 unspecified atom stereocenters. The lowest BCUT2D eigenvalue weighted by molar-refractivity contribution is 0.469. The highest BCUT2D eigenvalue weighted by molar-refractivity contribution is 7.90. The number of nitrogens with one attached hydrogen (secondary N) is 1. The van der Waals surface area contributed by atoms with E-state index >= 15 is 0 Å². The first-order chi connectivity index (χ1) is 21.2. The van der Waals surface area contributed by atoms with Crippen LogP contribution in [0, 0.1) is 5.41 Å². The molecule has 4 rings (SSSR count). The van der Waals surface area contributed by atoms with Gasteiger partial charge in [-0.25, -0.2) is 5.01 Å². The second kappa shape index (κ2) is 15.4. The number of aliphatic imine (C=N–C) groups is 2. The molecule has 1 aliphatic rings. The Labute approximate surface area is 272 Å². The summed E-state index contributed by atoms with van der Waals surface area (Å²) in [5.41, 5.74) is 18.8. The van der Waals surface area contributed by atoms with Crippen LogP contribution in [0.3, 0.4) is 0 Å². The van der Waals surface area contributed by atoms with Gasteiger partial charge >= 0.3 is 0 Å². The summed E-state index contributed by atoms with van der Waals surface area (Å²) < 4.78 is 30.3. The van der Waals surface area contributed by atoms with Crippen LogP contribution in [0.4, 0.5) is 0 Å². The summed E-state index contributed by atoms with van der Waals surface area (Å²) in [5.74, 6) is -0.289. The number of benzene rings is 3. The van der Waals surface area contributed by atoms with Gasteiger partial charge in [0.15, 0.2) is 11.9 Å². The lowest BCUT2D eigenvalue weighted by Crippen LogP contribution is -2.34.